The van der Waals surface area contributed by atoms with Crippen molar-refractivity contribution in [2.45, 2.75) is 26.4 Å². The van der Waals surface area contributed by atoms with Crippen LogP contribution in [0.3, 0.4) is 0 Å². The predicted octanol–water partition coefficient (Wildman–Crippen LogP) is 3.57. The van der Waals surface area contributed by atoms with Crippen molar-refractivity contribution in [3.8, 4) is 5.75 Å². The summed E-state index contributed by atoms with van der Waals surface area (Å²) in [6.07, 6.45) is 1.06. The second-order valence-electron chi connectivity index (χ2n) is 5.28. The predicted molar refractivity (Wildman–Crippen MR) is 79.4 cm³/mol. The third kappa shape index (κ3) is 2.52. The van der Waals surface area contributed by atoms with Gasteiger partial charge in [-0.3, -0.25) is 4.79 Å². The van der Waals surface area contributed by atoms with Crippen LogP contribution in [-0.2, 0) is 6.42 Å². The van der Waals surface area contributed by atoms with Gasteiger partial charge in [-0.15, -0.1) is 0 Å². The van der Waals surface area contributed by atoms with Crippen LogP contribution in [0.1, 0.15) is 28.4 Å². The van der Waals surface area contributed by atoms with E-state index in [1.54, 1.807) is 0 Å². The van der Waals surface area contributed by atoms with Crippen molar-refractivity contribution in [2.75, 3.05) is 5.32 Å². The van der Waals surface area contributed by atoms with E-state index in [-0.39, 0.29) is 12.0 Å². The molecule has 1 heterocycles. The summed E-state index contributed by atoms with van der Waals surface area (Å²) in [6.45, 7) is 4.04. The molecule has 102 valence electrons. The minimum atomic E-state index is -0.0852. The number of aryl methyl sites for hydroxylation is 1. The lowest BCUT2D eigenvalue weighted by Crippen LogP contribution is -2.12. The lowest BCUT2D eigenvalue weighted by Gasteiger charge is -2.07. The number of hydrogen-bond donors (Lipinski definition) is 1. The van der Waals surface area contributed by atoms with Crippen molar-refractivity contribution in [3.05, 3.63) is 59.2 Å². The first kappa shape index (κ1) is 12.7. The van der Waals surface area contributed by atoms with Gasteiger partial charge in [-0.2, -0.15) is 0 Å². The number of carbonyl (C=O) groups is 1. The molecule has 3 heteroatoms. The summed E-state index contributed by atoms with van der Waals surface area (Å²) in [5, 5.41) is 2.92. The van der Waals surface area contributed by atoms with Crippen LogP contribution in [0.5, 0.6) is 5.75 Å². The molecule has 0 saturated carbocycles. The number of nitrogens with one attached hydrogen (secondary N) is 1. The number of rotatable bonds is 2. The van der Waals surface area contributed by atoms with E-state index < -0.39 is 0 Å². The van der Waals surface area contributed by atoms with E-state index in [0.717, 1.165) is 29.0 Å². The number of amides is 1. The van der Waals surface area contributed by atoms with Gasteiger partial charge in [0, 0.05) is 17.7 Å². The molecule has 1 amide bonds. The molecule has 1 atom stereocenters. The average molecular weight is 267 g/mol. The van der Waals surface area contributed by atoms with Crippen molar-refractivity contribution in [1.82, 2.24) is 0 Å². The summed E-state index contributed by atoms with van der Waals surface area (Å²) in [7, 11) is 0. The van der Waals surface area contributed by atoms with Crippen LogP contribution >= 0.6 is 0 Å². The Hall–Kier alpha value is -2.29. The second-order valence-corrected chi connectivity index (χ2v) is 5.28. The summed E-state index contributed by atoms with van der Waals surface area (Å²) in [5.74, 6) is 0.808. The zero-order valence-corrected chi connectivity index (χ0v) is 11.6. The molecular weight excluding hydrogens is 250 g/mol. The first-order chi connectivity index (χ1) is 9.61. The van der Waals surface area contributed by atoms with E-state index in [1.165, 1.54) is 0 Å². The summed E-state index contributed by atoms with van der Waals surface area (Å²) >= 11 is 0. The summed E-state index contributed by atoms with van der Waals surface area (Å²) in [6, 6.07) is 13.4. The quantitative estimate of drug-likeness (QED) is 0.903. The number of hydrogen-bond acceptors (Lipinski definition) is 2. The number of benzene rings is 2. The van der Waals surface area contributed by atoms with Crippen LogP contribution in [0, 0.1) is 6.92 Å². The van der Waals surface area contributed by atoms with Gasteiger partial charge in [0.15, 0.2) is 0 Å². The van der Waals surface area contributed by atoms with E-state index in [0.29, 0.717) is 5.56 Å². The van der Waals surface area contributed by atoms with Crippen LogP contribution < -0.4 is 10.1 Å². The van der Waals surface area contributed by atoms with E-state index in [9.17, 15) is 4.79 Å². The smallest absolute Gasteiger partial charge is 0.255 e. The van der Waals surface area contributed by atoms with E-state index in [4.69, 9.17) is 4.74 Å². The standard InChI is InChI=1S/C17H17NO2/c1-11-4-3-5-15(8-11)18-17(19)13-6-7-16-14(10-13)9-12(2)20-16/h3-8,10,12H,9H2,1-2H3,(H,18,19). The van der Waals surface area contributed by atoms with Crippen LogP contribution in [0.15, 0.2) is 42.5 Å². The molecular formula is C17H17NO2. The number of ether oxygens (including phenoxy) is 1. The lowest BCUT2D eigenvalue weighted by molar-refractivity contribution is 0.102. The Labute approximate surface area is 118 Å². The molecule has 0 bridgehead atoms. The normalized spacial score (nSPS) is 16.4. The van der Waals surface area contributed by atoms with Crippen molar-refractivity contribution in [3.63, 3.8) is 0 Å². The Morgan fingerprint density at radius 1 is 1.25 bits per heavy atom. The second kappa shape index (κ2) is 5.00. The highest BCUT2D eigenvalue weighted by molar-refractivity contribution is 6.04. The molecule has 0 aromatic heterocycles. The maximum atomic E-state index is 12.3. The van der Waals surface area contributed by atoms with Crippen LogP contribution in [-0.4, -0.2) is 12.0 Å². The van der Waals surface area contributed by atoms with Crippen molar-refractivity contribution >= 4 is 11.6 Å². The Morgan fingerprint density at radius 2 is 2.10 bits per heavy atom. The Balaban J connectivity index is 1.80. The van der Waals surface area contributed by atoms with Crippen molar-refractivity contribution in [1.29, 1.82) is 0 Å². The third-order valence-corrected chi connectivity index (χ3v) is 3.43. The Bertz CT molecular complexity index is 664. The van der Waals surface area contributed by atoms with Gasteiger partial charge in [0.2, 0.25) is 0 Å². The molecule has 2 aromatic carbocycles. The molecule has 0 saturated heterocycles. The molecule has 0 fully saturated rings. The summed E-state index contributed by atoms with van der Waals surface area (Å²) < 4.78 is 5.64. The van der Waals surface area contributed by atoms with Gasteiger partial charge >= 0.3 is 0 Å². The number of anilines is 1. The van der Waals surface area contributed by atoms with E-state index >= 15 is 0 Å². The average Bonchev–Trinajstić information content (AvgIpc) is 2.77. The molecule has 20 heavy (non-hydrogen) atoms. The lowest BCUT2D eigenvalue weighted by atomic mass is 10.1. The minimum absolute atomic E-state index is 0.0852. The maximum Gasteiger partial charge on any atom is 0.255 e. The molecule has 0 spiro atoms. The first-order valence-corrected chi connectivity index (χ1v) is 6.79. The van der Waals surface area contributed by atoms with Gasteiger partial charge in [-0.1, -0.05) is 12.1 Å². The van der Waals surface area contributed by atoms with Gasteiger partial charge in [0.25, 0.3) is 5.91 Å². The fourth-order valence-electron chi connectivity index (χ4n) is 2.49. The minimum Gasteiger partial charge on any atom is -0.490 e. The first-order valence-electron chi connectivity index (χ1n) is 6.79. The highest BCUT2D eigenvalue weighted by Crippen LogP contribution is 2.29. The molecule has 0 aliphatic carbocycles. The molecule has 1 unspecified atom stereocenters. The SMILES string of the molecule is Cc1cccc(NC(=O)c2ccc3c(c2)CC(C)O3)c1. The third-order valence-electron chi connectivity index (χ3n) is 3.43. The zero-order valence-electron chi connectivity index (χ0n) is 11.6. The Kier molecular flexibility index (Phi) is 3.18. The highest BCUT2D eigenvalue weighted by Gasteiger charge is 2.20. The van der Waals surface area contributed by atoms with Crippen LogP contribution in [0.4, 0.5) is 5.69 Å². The maximum absolute atomic E-state index is 12.3. The molecule has 3 rings (SSSR count). The van der Waals surface area contributed by atoms with Gasteiger partial charge in [-0.25, -0.2) is 0 Å². The van der Waals surface area contributed by atoms with Gasteiger partial charge in [-0.05, 0) is 55.3 Å². The molecule has 1 N–H and O–H groups in total. The molecule has 2 aromatic rings. The summed E-state index contributed by atoms with van der Waals surface area (Å²) in [5.41, 5.74) is 3.72. The molecule has 0 radical (unpaired) electrons. The molecule has 1 aliphatic rings. The molecule has 1 aliphatic heterocycles. The van der Waals surface area contributed by atoms with E-state index in [1.807, 2.05) is 56.3 Å². The van der Waals surface area contributed by atoms with Crippen molar-refractivity contribution in [2.24, 2.45) is 0 Å². The van der Waals surface area contributed by atoms with Gasteiger partial charge in [0.05, 0.1) is 0 Å². The largest absolute Gasteiger partial charge is 0.490 e. The van der Waals surface area contributed by atoms with Crippen LogP contribution in [0.2, 0.25) is 0 Å². The summed E-state index contributed by atoms with van der Waals surface area (Å²) in [4.78, 5) is 12.3. The van der Waals surface area contributed by atoms with Gasteiger partial charge in [0.1, 0.15) is 11.9 Å². The zero-order chi connectivity index (χ0) is 14.1. The van der Waals surface area contributed by atoms with Crippen LogP contribution in [0.25, 0.3) is 0 Å². The monoisotopic (exact) mass is 267 g/mol. The fraction of sp³-hybridized carbons (Fsp3) is 0.235. The van der Waals surface area contributed by atoms with E-state index in [2.05, 4.69) is 5.32 Å². The molecule has 3 nitrogen and oxygen atoms in total. The number of carbonyl (C=O) groups excluding carboxylic acids is 1. The highest BCUT2D eigenvalue weighted by atomic mass is 16.5. The Morgan fingerprint density at radius 3 is 2.90 bits per heavy atom. The fourth-order valence-corrected chi connectivity index (χ4v) is 2.49. The topological polar surface area (TPSA) is 38.3 Å². The number of fused-ring (bicyclic) bond motifs is 1. The van der Waals surface area contributed by atoms with Gasteiger partial charge < -0.3 is 10.1 Å². The van der Waals surface area contributed by atoms with Crippen molar-refractivity contribution < 1.29 is 9.53 Å².